The second kappa shape index (κ2) is 20.0. The van der Waals surface area contributed by atoms with Gasteiger partial charge in [-0.15, -0.1) is 0 Å². The molecule has 0 aliphatic rings. The maximum atomic E-state index is 11.7. The molecule has 0 rings (SSSR count). The maximum Gasteiger partial charge on any atom is 0.135 e. The quantitative estimate of drug-likeness (QED) is 0.223. The van der Waals surface area contributed by atoms with Crippen LogP contribution in [0, 0.1) is 5.92 Å². The molecule has 4 heteroatoms. The zero-order valence-electron chi connectivity index (χ0n) is 17.8. The Morgan fingerprint density at radius 1 is 0.889 bits per heavy atom. The molecule has 0 fully saturated rings. The summed E-state index contributed by atoms with van der Waals surface area (Å²) in [5.74, 6) is 0.0548. The van der Waals surface area contributed by atoms with Gasteiger partial charge in [0.05, 0.1) is 19.8 Å². The lowest BCUT2D eigenvalue weighted by Crippen LogP contribution is -2.24. The topological polar surface area (TPSA) is 66.8 Å². The molecule has 4 nitrogen and oxygen atoms in total. The van der Waals surface area contributed by atoms with Crippen LogP contribution in [-0.2, 0) is 9.53 Å². The molecule has 0 radical (unpaired) electrons. The van der Waals surface area contributed by atoms with Gasteiger partial charge in [-0.25, -0.2) is 0 Å². The van der Waals surface area contributed by atoms with Crippen LogP contribution < -0.4 is 0 Å². The van der Waals surface area contributed by atoms with E-state index in [1.807, 2.05) is 0 Å². The number of carbonyl (C=O) groups is 1. The van der Waals surface area contributed by atoms with Crippen molar-refractivity contribution in [3.8, 4) is 0 Å². The van der Waals surface area contributed by atoms with Crippen LogP contribution in [0.15, 0.2) is 12.2 Å². The van der Waals surface area contributed by atoms with E-state index in [0.29, 0.717) is 6.61 Å². The van der Waals surface area contributed by atoms with Crippen LogP contribution in [0.1, 0.15) is 97.3 Å². The molecule has 0 aliphatic carbocycles. The highest BCUT2D eigenvalue weighted by atomic mass is 16.5. The fraction of sp³-hybridized carbons (Fsp3) is 0.870. The summed E-state index contributed by atoms with van der Waals surface area (Å²) in [6.45, 7) is 3.98. The molecule has 0 aromatic carbocycles. The summed E-state index contributed by atoms with van der Waals surface area (Å²) in [7, 11) is 0. The maximum absolute atomic E-state index is 11.7. The number of unbranched alkanes of at least 4 members (excludes halogenated alkanes) is 10. The van der Waals surface area contributed by atoms with Gasteiger partial charge >= 0.3 is 0 Å². The van der Waals surface area contributed by atoms with Crippen LogP contribution in [0.4, 0.5) is 0 Å². The Hall–Kier alpha value is -0.710. The van der Waals surface area contributed by atoms with Gasteiger partial charge in [0, 0.05) is 5.92 Å². The van der Waals surface area contributed by atoms with Crippen LogP contribution >= 0.6 is 0 Å². The largest absolute Gasteiger partial charge is 0.394 e. The number of hydrogen-bond acceptors (Lipinski definition) is 4. The molecule has 0 amide bonds. The fourth-order valence-electron chi connectivity index (χ4n) is 3.09. The molecule has 0 aromatic rings. The molecule has 2 atom stereocenters. The predicted octanol–water partition coefficient (Wildman–Crippen LogP) is 5.21. The van der Waals surface area contributed by atoms with Crippen LogP contribution in [0.25, 0.3) is 0 Å². The number of carbonyl (C=O) groups excluding carboxylic acids is 1. The zero-order chi connectivity index (χ0) is 20.2. The van der Waals surface area contributed by atoms with Gasteiger partial charge in [0.25, 0.3) is 0 Å². The molecular weight excluding hydrogens is 340 g/mol. The van der Waals surface area contributed by atoms with E-state index in [2.05, 4.69) is 19.1 Å². The Morgan fingerprint density at radius 2 is 1.44 bits per heavy atom. The molecule has 0 saturated carbocycles. The van der Waals surface area contributed by atoms with E-state index in [9.17, 15) is 9.90 Å². The number of rotatable bonds is 20. The zero-order valence-corrected chi connectivity index (χ0v) is 17.8. The Labute approximate surface area is 167 Å². The molecule has 2 N–H and O–H groups in total. The molecular formula is C23H44O4. The summed E-state index contributed by atoms with van der Waals surface area (Å²) in [6, 6.07) is 0. The van der Waals surface area contributed by atoms with E-state index in [1.54, 1.807) is 6.92 Å². The lowest BCUT2D eigenvalue weighted by atomic mass is 9.98. The monoisotopic (exact) mass is 384 g/mol. The highest BCUT2D eigenvalue weighted by molar-refractivity contribution is 5.78. The minimum atomic E-state index is -0.855. The van der Waals surface area contributed by atoms with Crippen LogP contribution in [0.5, 0.6) is 0 Å². The number of ether oxygens (including phenoxy) is 1. The van der Waals surface area contributed by atoms with Gasteiger partial charge in [0.1, 0.15) is 11.9 Å². The predicted molar refractivity (Wildman–Crippen MR) is 113 cm³/mol. The summed E-state index contributed by atoms with van der Waals surface area (Å²) in [5, 5.41) is 18.0. The van der Waals surface area contributed by atoms with Gasteiger partial charge < -0.3 is 14.9 Å². The number of aliphatic hydroxyl groups excluding tert-OH is 2. The number of hydrogen-bond donors (Lipinski definition) is 2. The smallest absolute Gasteiger partial charge is 0.135 e. The Bertz CT molecular complexity index is 354. The van der Waals surface area contributed by atoms with Crippen molar-refractivity contribution >= 4 is 5.78 Å². The average Bonchev–Trinajstić information content (AvgIpc) is 2.66. The van der Waals surface area contributed by atoms with Crippen LogP contribution in [-0.4, -0.2) is 41.9 Å². The van der Waals surface area contributed by atoms with Gasteiger partial charge in [-0.3, -0.25) is 4.79 Å². The number of allylic oxidation sites excluding steroid dienone is 2. The Morgan fingerprint density at radius 3 is 2.00 bits per heavy atom. The van der Waals surface area contributed by atoms with Crippen molar-refractivity contribution in [1.29, 1.82) is 0 Å². The second-order valence-electron chi connectivity index (χ2n) is 7.70. The summed E-state index contributed by atoms with van der Waals surface area (Å²) < 4.78 is 5.34. The van der Waals surface area contributed by atoms with Gasteiger partial charge in [-0.2, -0.15) is 0 Å². The van der Waals surface area contributed by atoms with Gasteiger partial charge in [-0.05, 0) is 39.0 Å². The molecule has 0 heterocycles. The van der Waals surface area contributed by atoms with E-state index in [4.69, 9.17) is 9.84 Å². The Kier molecular flexibility index (Phi) is 19.5. The number of ketones is 1. The lowest BCUT2D eigenvalue weighted by Gasteiger charge is -2.15. The van der Waals surface area contributed by atoms with E-state index < -0.39 is 6.10 Å². The molecule has 0 aliphatic heterocycles. The van der Waals surface area contributed by atoms with E-state index in [-0.39, 0.29) is 24.9 Å². The van der Waals surface area contributed by atoms with Crippen molar-refractivity contribution in [2.45, 2.75) is 103 Å². The minimum absolute atomic E-state index is 0.0886. The first kappa shape index (κ1) is 26.3. The van der Waals surface area contributed by atoms with E-state index in [1.165, 1.54) is 57.8 Å². The van der Waals surface area contributed by atoms with Gasteiger partial charge in [0.2, 0.25) is 0 Å². The van der Waals surface area contributed by atoms with Crippen molar-refractivity contribution in [3.05, 3.63) is 12.2 Å². The molecule has 27 heavy (non-hydrogen) atoms. The number of aliphatic hydroxyl groups is 2. The van der Waals surface area contributed by atoms with Gasteiger partial charge in [0.15, 0.2) is 0 Å². The van der Waals surface area contributed by atoms with Crippen molar-refractivity contribution in [3.63, 3.8) is 0 Å². The number of Topliss-reactive ketones (excluding diaryl/α,β-unsaturated/α-hetero) is 1. The first-order chi connectivity index (χ1) is 13.1. The van der Waals surface area contributed by atoms with E-state index >= 15 is 0 Å². The molecule has 0 bridgehead atoms. The summed E-state index contributed by atoms with van der Waals surface area (Å²) in [5.41, 5.74) is 0. The summed E-state index contributed by atoms with van der Waals surface area (Å²) >= 11 is 0. The van der Waals surface area contributed by atoms with Crippen molar-refractivity contribution in [1.82, 2.24) is 0 Å². The average molecular weight is 385 g/mol. The van der Waals surface area contributed by atoms with Crippen molar-refractivity contribution < 1.29 is 19.7 Å². The molecule has 2 unspecified atom stereocenters. The molecule has 0 spiro atoms. The lowest BCUT2D eigenvalue weighted by molar-refractivity contribution is -0.123. The molecule has 0 aromatic heterocycles. The van der Waals surface area contributed by atoms with E-state index in [0.717, 1.165) is 25.7 Å². The van der Waals surface area contributed by atoms with Crippen molar-refractivity contribution in [2.24, 2.45) is 5.92 Å². The fourth-order valence-corrected chi connectivity index (χ4v) is 3.09. The summed E-state index contributed by atoms with van der Waals surface area (Å²) in [6.07, 6.45) is 19.8. The Balaban J connectivity index is 3.51. The first-order valence-corrected chi connectivity index (χ1v) is 11.1. The van der Waals surface area contributed by atoms with Crippen molar-refractivity contribution in [2.75, 3.05) is 19.8 Å². The second-order valence-corrected chi connectivity index (χ2v) is 7.70. The van der Waals surface area contributed by atoms with Crippen LogP contribution in [0.2, 0.25) is 0 Å². The highest BCUT2D eigenvalue weighted by Gasteiger charge is 2.14. The normalized spacial score (nSPS) is 13.9. The third-order valence-electron chi connectivity index (χ3n) is 4.98. The molecule has 0 saturated heterocycles. The van der Waals surface area contributed by atoms with Crippen LogP contribution in [0.3, 0.4) is 0 Å². The first-order valence-electron chi connectivity index (χ1n) is 11.1. The van der Waals surface area contributed by atoms with Gasteiger partial charge in [-0.1, -0.05) is 70.4 Å². The third kappa shape index (κ3) is 18.4. The highest BCUT2D eigenvalue weighted by Crippen LogP contribution is 2.14. The summed E-state index contributed by atoms with van der Waals surface area (Å²) in [4.78, 5) is 11.7. The molecule has 160 valence electrons. The minimum Gasteiger partial charge on any atom is -0.394 e. The third-order valence-corrected chi connectivity index (χ3v) is 4.98. The SMILES string of the molecule is CCCCCCCC/C=C\CCCCCCC(COCC(O)CO)C(C)=O. The standard InChI is InChI=1S/C23H44O4/c1-3-4-5-6-7-8-9-10-11-12-13-14-15-16-17-22(21(2)25)19-27-20-23(26)18-24/h10-11,22-24,26H,3-9,12-20H2,1-2H3/b11-10-.